The Morgan fingerprint density at radius 1 is 1.38 bits per heavy atom. The Balaban J connectivity index is 1.58. The van der Waals surface area contributed by atoms with Gasteiger partial charge in [-0.15, -0.1) is 0 Å². The van der Waals surface area contributed by atoms with Crippen molar-refractivity contribution in [2.75, 3.05) is 32.9 Å². The first-order valence-corrected chi connectivity index (χ1v) is 7.95. The Labute approximate surface area is 135 Å². The van der Waals surface area contributed by atoms with Crippen molar-refractivity contribution in [1.29, 1.82) is 0 Å². The van der Waals surface area contributed by atoms with Crippen LogP contribution >= 0.6 is 23.2 Å². The Morgan fingerprint density at radius 2 is 2.24 bits per heavy atom. The fourth-order valence-corrected chi connectivity index (χ4v) is 2.49. The number of rotatable bonds is 8. The molecule has 1 fully saturated rings. The highest BCUT2D eigenvalue weighted by Crippen LogP contribution is 2.26. The van der Waals surface area contributed by atoms with E-state index in [4.69, 9.17) is 32.7 Å². The number of hydrogen-bond donors (Lipinski definition) is 2. The molecule has 0 aromatic heterocycles. The van der Waals surface area contributed by atoms with Gasteiger partial charge in [-0.25, -0.2) is 0 Å². The predicted molar refractivity (Wildman–Crippen MR) is 84.4 cm³/mol. The van der Waals surface area contributed by atoms with Crippen LogP contribution in [0.1, 0.15) is 12.8 Å². The number of aliphatic hydroxyl groups is 1. The molecule has 1 saturated heterocycles. The van der Waals surface area contributed by atoms with Gasteiger partial charge in [0.05, 0.1) is 10.0 Å². The van der Waals surface area contributed by atoms with Gasteiger partial charge in [0.1, 0.15) is 18.5 Å². The average Bonchev–Trinajstić information content (AvgIpc) is 2.98. The third-order valence-corrected chi connectivity index (χ3v) is 4.21. The van der Waals surface area contributed by atoms with Crippen molar-refractivity contribution >= 4 is 23.2 Å². The zero-order chi connectivity index (χ0) is 15.1. The minimum atomic E-state index is -0.556. The van der Waals surface area contributed by atoms with Gasteiger partial charge in [-0.2, -0.15) is 0 Å². The van der Waals surface area contributed by atoms with E-state index in [-0.39, 0.29) is 6.61 Å². The summed E-state index contributed by atoms with van der Waals surface area (Å²) in [6, 6.07) is 5.05. The first kappa shape index (κ1) is 16.8. The van der Waals surface area contributed by atoms with Gasteiger partial charge in [-0.1, -0.05) is 23.2 Å². The fraction of sp³-hybridized carbons (Fsp3) is 0.600. The number of hydrogen-bond acceptors (Lipinski definition) is 4. The maximum absolute atomic E-state index is 9.86. The van der Waals surface area contributed by atoms with Crippen LogP contribution in [0.4, 0.5) is 0 Å². The van der Waals surface area contributed by atoms with Crippen LogP contribution in [0.15, 0.2) is 18.2 Å². The van der Waals surface area contributed by atoms with E-state index in [1.807, 2.05) is 0 Å². The predicted octanol–water partition coefficient (Wildman–Crippen LogP) is 2.75. The van der Waals surface area contributed by atoms with Crippen LogP contribution in [-0.4, -0.2) is 44.1 Å². The average molecular weight is 334 g/mol. The van der Waals surface area contributed by atoms with Gasteiger partial charge in [-0.3, -0.25) is 0 Å². The smallest absolute Gasteiger partial charge is 0.121 e. The summed E-state index contributed by atoms with van der Waals surface area (Å²) in [7, 11) is 0. The van der Waals surface area contributed by atoms with E-state index in [9.17, 15) is 5.11 Å². The van der Waals surface area contributed by atoms with Crippen molar-refractivity contribution in [2.45, 2.75) is 18.9 Å². The van der Waals surface area contributed by atoms with E-state index in [1.54, 1.807) is 18.2 Å². The summed E-state index contributed by atoms with van der Waals surface area (Å²) in [6.07, 6.45) is 1.67. The minimum absolute atomic E-state index is 0.220. The van der Waals surface area contributed by atoms with E-state index in [1.165, 1.54) is 0 Å². The Morgan fingerprint density at radius 3 is 2.95 bits per heavy atom. The van der Waals surface area contributed by atoms with Crippen LogP contribution in [0.25, 0.3) is 0 Å². The third kappa shape index (κ3) is 6.01. The van der Waals surface area contributed by atoms with Crippen LogP contribution in [0.3, 0.4) is 0 Å². The van der Waals surface area contributed by atoms with E-state index in [0.717, 1.165) is 32.6 Å². The molecule has 2 rings (SSSR count). The lowest BCUT2D eigenvalue weighted by Gasteiger charge is -2.14. The van der Waals surface area contributed by atoms with Crippen molar-refractivity contribution in [3.8, 4) is 5.75 Å². The van der Waals surface area contributed by atoms with Crippen LogP contribution in [-0.2, 0) is 4.74 Å². The SMILES string of the molecule is OC(CNCCC1CCOC1)COc1ccc(Cl)c(Cl)c1. The molecule has 2 atom stereocenters. The fourth-order valence-electron chi connectivity index (χ4n) is 2.20. The summed E-state index contributed by atoms with van der Waals surface area (Å²) in [5.41, 5.74) is 0. The molecule has 118 valence electrons. The van der Waals surface area contributed by atoms with Crippen molar-refractivity contribution in [3.63, 3.8) is 0 Å². The molecular weight excluding hydrogens is 313 g/mol. The topological polar surface area (TPSA) is 50.7 Å². The molecular formula is C15H21Cl2NO3. The van der Waals surface area contributed by atoms with Gasteiger partial charge in [-0.05, 0) is 37.4 Å². The summed E-state index contributed by atoms with van der Waals surface area (Å²) < 4.78 is 10.8. The van der Waals surface area contributed by atoms with E-state index >= 15 is 0 Å². The largest absolute Gasteiger partial charge is 0.491 e. The molecule has 1 heterocycles. The lowest BCUT2D eigenvalue weighted by molar-refractivity contribution is 0.106. The summed E-state index contributed by atoms with van der Waals surface area (Å²) in [5.74, 6) is 1.26. The molecule has 0 amide bonds. The zero-order valence-corrected chi connectivity index (χ0v) is 13.4. The van der Waals surface area contributed by atoms with Crippen molar-refractivity contribution < 1.29 is 14.6 Å². The zero-order valence-electron chi connectivity index (χ0n) is 11.9. The van der Waals surface area contributed by atoms with Crippen molar-refractivity contribution in [1.82, 2.24) is 5.32 Å². The maximum Gasteiger partial charge on any atom is 0.121 e. The second-order valence-electron chi connectivity index (χ2n) is 5.26. The molecule has 2 unspecified atom stereocenters. The number of nitrogens with one attached hydrogen (secondary N) is 1. The summed E-state index contributed by atoms with van der Waals surface area (Å²) >= 11 is 11.7. The molecule has 0 radical (unpaired) electrons. The van der Waals surface area contributed by atoms with Gasteiger partial charge >= 0.3 is 0 Å². The molecule has 0 bridgehead atoms. The standard InChI is InChI=1S/C15H21Cl2NO3/c16-14-2-1-13(7-15(14)17)21-10-12(19)8-18-5-3-11-4-6-20-9-11/h1-2,7,11-12,18-19H,3-6,8-10H2. The second kappa shape index (κ2) is 8.81. The second-order valence-corrected chi connectivity index (χ2v) is 6.08. The molecule has 1 aliphatic heterocycles. The van der Waals surface area contributed by atoms with Crippen LogP contribution < -0.4 is 10.1 Å². The van der Waals surface area contributed by atoms with Crippen LogP contribution in [0, 0.1) is 5.92 Å². The molecule has 0 spiro atoms. The monoisotopic (exact) mass is 333 g/mol. The molecule has 0 saturated carbocycles. The van der Waals surface area contributed by atoms with Gasteiger partial charge in [0.15, 0.2) is 0 Å². The molecule has 1 aliphatic rings. The van der Waals surface area contributed by atoms with E-state index < -0.39 is 6.10 Å². The highest BCUT2D eigenvalue weighted by molar-refractivity contribution is 6.42. The highest BCUT2D eigenvalue weighted by atomic mass is 35.5. The quantitative estimate of drug-likeness (QED) is 0.718. The Hall–Kier alpha value is -0.520. The number of aliphatic hydroxyl groups excluding tert-OH is 1. The van der Waals surface area contributed by atoms with Gasteiger partial charge < -0.3 is 19.9 Å². The minimum Gasteiger partial charge on any atom is -0.491 e. The van der Waals surface area contributed by atoms with Gasteiger partial charge in [0.25, 0.3) is 0 Å². The summed E-state index contributed by atoms with van der Waals surface area (Å²) in [5, 5.41) is 14.0. The molecule has 6 heteroatoms. The number of ether oxygens (including phenoxy) is 2. The normalized spacial score (nSPS) is 19.7. The van der Waals surface area contributed by atoms with Crippen molar-refractivity contribution in [3.05, 3.63) is 28.2 Å². The first-order valence-electron chi connectivity index (χ1n) is 7.19. The van der Waals surface area contributed by atoms with Crippen LogP contribution in [0.5, 0.6) is 5.75 Å². The molecule has 2 N–H and O–H groups in total. The maximum atomic E-state index is 9.86. The van der Waals surface area contributed by atoms with E-state index in [0.29, 0.717) is 28.3 Å². The molecule has 1 aromatic rings. The molecule has 1 aromatic carbocycles. The lowest BCUT2D eigenvalue weighted by atomic mass is 10.1. The number of halogens is 2. The molecule has 0 aliphatic carbocycles. The van der Waals surface area contributed by atoms with Crippen LogP contribution in [0.2, 0.25) is 10.0 Å². The lowest BCUT2D eigenvalue weighted by Crippen LogP contribution is -2.32. The van der Waals surface area contributed by atoms with Gasteiger partial charge in [0.2, 0.25) is 0 Å². The van der Waals surface area contributed by atoms with E-state index in [2.05, 4.69) is 5.32 Å². The highest BCUT2D eigenvalue weighted by Gasteiger charge is 2.15. The molecule has 4 nitrogen and oxygen atoms in total. The summed E-state index contributed by atoms with van der Waals surface area (Å²) in [4.78, 5) is 0. The Kier molecular flexibility index (Phi) is 7.07. The molecule has 21 heavy (non-hydrogen) atoms. The number of benzene rings is 1. The first-order chi connectivity index (χ1) is 10.1. The van der Waals surface area contributed by atoms with Gasteiger partial charge in [0, 0.05) is 25.8 Å². The Bertz CT molecular complexity index is 439. The van der Waals surface area contributed by atoms with Crippen molar-refractivity contribution in [2.24, 2.45) is 5.92 Å². The summed E-state index contributed by atoms with van der Waals surface area (Å²) in [6.45, 7) is 3.36. The third-order valence-electron chi connectivity index (χ3n) is 3.47.